The number of aromatic hydroxyl groups is 1. The number of methoxy groups -OCH3 is 1. The summed E-state index contributed by atoms with van der Waals surface area (Å²) in [5.41, 5.74) is 1.76. The Morgan fingerprint density at radius 3 is 2.82 bits per heavy atom. The van der Waals surface area contributed by atoms with E-state index in [4.69, 9.17) is 4.74 Å². The largest absolute Gasteiger partial charge is 0.508 e. The third-order valence-electron chi connectivity index (χ3n) is 3.79. The first-order valence-corrected chi connectivity index (χ1v) is 5.87. The molecule has 0 spiro atoms. The minimum atomic E-state index is -0.548. The number of hydrogen-bond acceptors (Lipinski definition) is 3. The molecule has 0 heterocycles. The van der Waals surface area contributed by atoms with Crippen LogP contribution >= 0.6 is 0 Å². The monoisotopic (exact) mass is 234 g/mol. The number of hydrogen-bond donors (Lipinski definition) is 1. The standard InChI is InChI=1S/C14H18O3/c1-14(2,13(16)17-3)12-7-5-9-4-6-10(15)8-11(9)12/h4,6,8,12,15H,5,7H2,1-3H3/t12-/m1/s1. The summed E-state index contributed by atoms with van der Waals surface area (Å²) in [6.07, 6.45) is 1.89. The van der Waals surface area contributed by atoms with Crippen LogP contribution in [0.25, 0.3) is 0 Å². The van der Waals surface area contributed by atoms with Crippen molar-refractivity contribution in [3.05, 3.63) is 29.3 Å². The van der Waals surface area contributed by atoms with Crippen LogP contribution in [-0.4, -0.2) is 18.2 Å². The van der Waals surface area contributed by atoms with Crippen LogP contribution < -0.4 is 0 Å². The Hall–Kier alpha value is -1.51. The maximum atomic E-state index is 11.8. The molecule has 0 amide bonds. The van der Waals surface area contributed by atoms with Gasteiger partial charge in [-0.1, -0.05) is 6.07 Å². The molecule has 0 aliphatic heterocycles. The smallest absolute Gasteiger partial charge is 0.311 e. The van der Waals surface area contributed by atoms with Gasteiger partial charge in [0.1, 0.15) is 5.75 Å². The van der Waals surface area contributed by atoms with Gasteiger partial charge in [0.25, 0.3) is 0 Å². The van der Waals surface area contributed by atoms with Crippen molar-refractivity contribution in [1.29, 1.82) is 0 Å². The molecule has 2 rings (SSSR count). The van der Waals surface area contributed by atoms with Gasteiger partial charge in [-0.15, -0.1) is 0 Å². The fourth-order valence-corrected chi connectivity index (χ4v) is 2.74. The van der Waals surface area contributed by atoms with Crippen LogP contribution in [0.3, 0.4) is 0 Å². The minimum Gasteiger partial charge on any atom is -0.508 e. The number of carbonyl (C=O) groups is 1. The maximum Gasteiger partial charge on any atom is 0.311 e. The van der Waals surface area contributed by atoms with E-state index >= 15 is 0 Å². The number of fused-ring (bicyclic) bond motifs is 1. The van der Waals surface area contributed by atoms with E-state index in [0.29, 0.717) is 0 Å². The lowest BCUT2D eigenvalue weighted by Gasteiger charge is -2.29. The first kappa shape index (κ1) is 12.0. The van der Waals surface area contributed by atoms with Crippen molar-refractivity contribution in [1.82, 2.24) is 0 Å². The van der Waals surface area contributed by atoms with E-state index in [1.54, 1.807) is 12.1 Å². The average Bonchev–Trinajstić information content (AvgIpc) is 2.71. The first-order valence-electron chi connectivity index (χ1n) is 5.87. The van der Waals surface area contributed by atoms with E-state index in [2.05, 4.69) is 0 Å². The van der Waals surface area contributed by atoms with E-state index in [-0.39, 0.29) is 17.6 Å². The van der Waals surface area contributed by atoms with Crippen LogP contribution in [-0.2, 0) is 16.0 Å². The van der Waals surface area contributed by atoms with Crippen LogP contribution in [0.2, 0.25) is 0 Å². The molecule has 92 valence electrons. The van der Waals surface area contributed by atoms with Gasteiger partial charge in [-0.05, 0) is 49.9 Å². The average molecular weight is 234 g/mol. The predicted molar refractivity (Wildman–Crippen MR) is 65.0 cm³/mol. The number of phenols is 1. The Bertz CT molecular complexity index is 449. The molecule has 0 saturated heterocycles. The molecular weight excluding hydrogens is 216 g/mol. The summed E-state index contributed by atoms with van der Waals surface area (Å²) in [5, 5.41) is 9.56. The molecule has 0 unspecified atom stereocenters. The molecule has 1 aromatic carbocycles. The Morgan fingerprint density at radius 2 is 2.18 bits per heavy atom. The molecule has 0 bridgehead atoms. The molecule has 0 saturated carbocycles. The fourth-order valence-electron chi connectivity index (χ4n) is 2.74. The number of esters is 1. The highest BCUT2D eigenvalue weighted by atomic mass is 16.5. The van der Waals surface area contributed by atoms with Gasteiger partial charge in [-0.3, -0.25) is 4.79 Å². The van der Waals surface area contributed by atoms with Crippen LogP contribution in [0, 0.1) is 5.41 Å². The zero-order chi connectivity index (χ0) is 12.6. The summed E-state index contributed by atoms with van der Waals surface area (Å²) < 4.78 is 4.87. The zero-order valence-corrected chi connectivity index (χ0v) is 10.5. The molecule has 1 N–H and O–H groups in total. The second-order valence-electron chi connectivity index (χ2n) is 5.19. The molecule has 1 aliphatic carbocycles. The van der Waals surface area contributed by atoms with Crippen molar-refractivity contribution in [3.8, 4) is 5.75 Å². The van der Waals surface area contributed by atoms with E-state index in [1.165, 1.54) is 12.7 Å². The van der Waals surface area contributed by atoms with Crippen LogP contribution in [0.15, 0.2) is 18.2 Å². The van der Waals surface area contributed by atoms with E-state index < -0.39 is 5.41 Å². The van der Waals surface area contributed by atoms with E-state index in [9.17, 15) is 9.90 Å². The molecular formula is C14H18O3. The van der Waals surface area contributed by atoms with Gasteiger partial charge in [-0.2, -0.15) is 0 Å². The van der Waals surface area contributed by atoms with Crippen molar-refractivity contribution >= 4 is 5.97 Å². The number of aryl methyl sites for hydroxylation is 1. The summed E-state index contributed by atoms with van der Waals surface area (Å²) in [7, 11) is 1.42. The van der Waals surface area contributed by atoms with Crippen molar-refractivity contribution in [3.63, 3.8) is 0 Å². The highest BCUT2D eigenvalue weighted by molar-refractivity contribution is 5.77. The highest BCUT2D eigenvalue weighted by Gasteiger charge is 2.41. The second kappa shape index (κ2) is 4.06. The second-order valence-corrected chi connectivity index (χ2v) is 5.19. The maximum absolute atomic E-state index is 11.8. The van der Waals surface area contributed by atoms with Crippen LogP contribution in [0.4, 0.5) is 0 Å². The fraction of sp³-hybridized carbons (Fsp3) is 0.500. The highest BCUT2D eigenvalue weighted by Crippen LogP contribution is 2.46. The van der Waals surface area contributed by atoms with Gasteiger partial charge in [0.15, 0.2) is 0 Å². The number of benzene rings is 1. The summed E-state index contributed by atoms with van der Waals surface area (Å²) in [6, 6.07) is 5.42. The van der Waals surface area contributed by atoms with Gasteiger partial charge in [0.05, 0.1) is 12.5 Å². The first-order chi connectivity index (χ1) is 7.96. The quantitative estimate of drug-likeness (QED) is 0.800. The van der Waals surface area contributed by atoms with Gasteiger partial charge in [0, 0.05) is 5.92 Å². The summed E-state index contributed by atoms with van der Waals surface area (Å²) in [5.74, 6) is 0.187. The molecule has 1 atom stereocenters. The molecule has 3 heteroatoms. The number of rotatable bonds is 2. The number of carbonyl (C=O) groups excluding carboxylic acids is 1. The molecule has 17 heavy (non-hydrogen) atoms. The van der Waals surface area contributed by atoms with Gasteiger partial charge in [-0.25, -0.2) is 0 Å². The van der Waals surface area contributed by atoms with Crippen molar-refractivity contribution in [2.75, 3.05) is 7.11 Å². The lowest BCUT2D eigenvalue weighted by atomic mass is 9.75. The summed E-state index contributed by atoms with van der Waals surface area (Å²) >= 11 is 0. The molecule has 0 fully saturated rings. The third-order valence-corrected chi connectivity index (χ3v) is 3.79. The van der Waals surface area contributed by atoms with Gasteiger partial charge in [0.2, 0.25) is 0 Å². The molecule has 3 nitrogen and oxygen atoms in total. The molecule has 0 radical (unpaired) electrons. The van der Waals surface area contributed by atoms with Crippen molar-refractivity contribution in [2.45, 2.75) is 32.6 Å². The summed E-state index contributed by atoms with van der Waals surface area (Å²) in [4.78, 5) is 11.8. The zero-order valence-electron chi connectivity index (χ0n) is 10.5. The third kappa shape index (κ3) is 1.90. The van der Waals surface area contributed by atoms with E-state index in [1.807, 2.05) is 19.9 Å². The molecule has 0 aromatic heterocycles. The SMILES string of the molecule is COC(=O)C(C)(C)[C@@H]1CCc2ccc(O)cc21. The van der Waals surface area contributed by atoms with Crippen LogP contribution in [0.5, 0.6) is 5.75 Å². The van der Waals surface area contributed by atoms with Gasteiger partial charge < -0.3 is 9.84 Å². The molecule has 1 aliphatic rings. The Kier molecular flexibility index (Phi) is 2.86. The Labute approximate surface area is 101 Å². The lowest BCUT2D eigenvalue weighted by molar-refractivity contribution is -0.152. The van der Waals surface area contributed by atoms with E-state index in [0.717, 1.165) is 18.4 Å². The predicted octanol–water partition coefficient (Wildman–Crippen LogP) is 2.62. The minimum absolute atomic E-state index is 0.122. The van der Waals surface area contributed by atoms with Crippen LogP contribution in [0.1, 0.15) is 37.3 Å². The molecule has 1 aromatic rings. The lowest BCUT2D eigenvalue weighted by Crippen LogP contribution is -2.31. The normalized spacial score (nSPS) is 18.9. The summed E-state index contributed by atoms with van der Waals surface area (Å²) in [6.45, 7) is 3.81. The van der Waals surface area contributed by atoms with Crippen molar-refractivity contribution in [2.24, 2.45) is 5.41 Å². The van der Waals surface area contributed by atoms with Gasteiger partial charge >= 0.3 is 5.97 Å². The Balaban J connectivity index is 2.39. The topological polar surface area (TPSA) is 46.5 Å². The number of ether oxygens (including phenoxy) is 1. The van der Waals surface area contributed by atoms with Crippen molar-refractivity contribution < 1.29 is 14.6 Å². The number of phenolic OH excluding ortho intramolecular Hbond substituents is 1. The Morgan fingerprint density at radius 1 is 1.47 bits per heavy atom.